The van der Waals surface area contributed by atoms with E-state index >= 15 is 0 Å². The van der Waals surface area contributed by atoms with Gasteiger partial charge in [-0.15, -0.1) is 0 Å². The van der Waals surface area contributed by atoms with Gasteiger partial charge in [0.2, 0.25) is 0 Å². The number of rotatable bonds is 10. The molecule has 1 atom stereocenters. The number of aliphatic hydroxyl groups is 1. The Balaban J connectivity index is 1.67. The van der Waals surface area contributed by atoms with Crippen molar-refractivity contribution in [1.82, 2.24) is 25.3 Å². The fourth-order valence-corrected chi connectivity index (χ4v) is 4.46. The predicted octanol–water partition coefficient (Wildman–Crippen LogP) is 3.74. The van der Waals surface area contributed by atoms with Gasteiger partial charge < -0.3 is 25.0 Å². The van der Waals surface area contributed by atoms with E-state index in [1.54, 1.807) is 19.4 Å². The van der Waals surface area contributed by atoms with Crippen LogP contribution in [0.25, 0.3) is 11.4 Å². The van der Waals surface area contributed by atoms with Crippen molar-refractivity contribution in [2.45, 2.75) is 51.2 Å². The first kappa shape index (κ1) is 25.8. The zero-order valence-corrected chi connectivity index (χ0v) is 21.7. The molecule has 3 aromatic rings. The van der Waals surface area contributed by atoms with Gasteiger partial charge in [0.25, 0.3) is 0 Å². The Morgan fingerprint density at radius 2 is 1.78 bits per heavy atom. The number of aromatic nitrogens is 4. The Kier molecular flexibility index (Phi) is 8.66. The molecule has 2 N–H and O–H groups in total. The number of aryl methyl sites for hydroxylation is 1. The van der Waals surface area contributed by atoms with Gasteiger partial charge in [0.1, 0.15) is 35.9 Å². The van der Waals surface area contributed by atoms with Crippen LogP contribution in [-0.4, -0.2) is 71.5 Å². The number of anilines is 3. The summed E-state index contributed by atoms with van der Waals surface area (Å²) in [6.07, 6.45) is 9.17. The molecular weight excluding hydrogens is 454 g/mol. The highest BCUT2D eigenvalue weighted by Crippen LogP contribution is 2.31. The van der Waals surface area contributed by atoms with Crippen molar-refractivity contribution in [1.29, 1.82) is 0 Å². The smallest absolute Gasteiger partial charge is 0.164 e. The molecule has 9 heteroatoms. The second-order valence-corrected chi connectivity index (χ2v) is 9.41. The first-order chi connectivity index (χ1) is 17.4. The molecule has 1 saturated carbocycles. The summed E-state index contributed by atoms with van der Waals surface area (Å²) in [5.41, 5.74) is 1.71. The summed E-state index contributed by atoms with van der Waals surface area (Å²) >= 11 is 0. The van der Waals surface area contributed by atoms with E-state index in [4.69, 9.17) is 14.7 Å². The normalized spacial score (nSPS) is 14.9. The lowest BCUT2D eigenvalue weighted by atomic mass is 9.94. The first-order valence-corrected chi connectivity index (χ1v) is 12.6. The Hall–Kier alpha value is -3.30. The second kappa shape index (κ2) is 12.1. The zero-order valence-electron chi connectivity index (χ0n) is 21.7. The number of hydrogen-bond acceptors (Lipinski definition) is 9. The summed E-state index contributed by atoms with van der Waals surface area (Å²) < 4.78 is 5.83. The molecule has 0 spiro atoms. The lowest BCUT2D eigenvalue weighted by Crippen LogP contribution is -2.34. The van der Waals surface area contributed by atoms with E-state index in [0.29, 0.717) is 24.2 Å². The van der Waals surface area contributed by atoms with Crippen LogP contribution in [0.3, 0.4) is 0 Å². The van der Waals surface area contributed by atoms with E-state index in [0.717, 1.165) is 28.7 Å². The lowest BCUT2D eigenvalue weighted by molar-refractivity contribution is 0.108. The molecule has 36 heavy (non-hydrogen) atoms. The van der Waals surface area contributed by atoms with Gasteiger partial charge in [-0.3, -0.25) is 0 Å². The highest BCUT2D eigenvalue weighted by Gasteiger charge is 2.22. The van der Waals surface area contributed by atoms with Gasteiger partial charge in [0.05, 0.1) is 18.1 Å². The molecule has 192 valence electrons. The number of nitrogens with one attached hydrogen (secondary N) is 1. The number of nitrogens with zero attached hydrogens (tertiary/aromatic N) is 6. The quantitative estimate of drug-likeness (QED) is 0.439. The summed E-state index contributed by atoms with van der Waals surface area (Å²) in [5.74, 6) is 3.66. The molecule has 2 aromatic heterocycles. The van der Waals surface area contributed by atoms with Crippen molar-refractivity contribution < 1.29 is 9.84 Å². The van der Waals surface area contributed by atoms with Crippen molar-refractivity contribution in [3.8, 4) is 17.1 Å². The fourth-order valence-electron chi connectivity index (χ4n) is 4.46. The average molecular weight is 492 g/mol. The highest BCUT2D eigenvalue weighted by molar-refractivity contribution is 5.67. The van der Waals surface area contributed by atoms with Crippen LogP contribution >= 0.6 is 0 Å². The maximum atomic E-state index is 10.0. The largest absolute Gasteiger partial charge is 0.491 e. The number of likely N-dealkylation sites (N-methyl/N-ethyl adjacent to an activating group) is 1. The SMILES string of the molecule is CNCC(O)COc1cccc(-c2nc(N(C)c3cnc(C)nc3)cc(N(C)C3CCCCC3)n2)c1. The Morgan fingerprint density at radius 1 is 1.06 bits per heavy atom. The number of aliphatic hydroxyl groups excluding tert-OH is 1. The van der Waals surface area contributed by atoms with E-state index in [2.05, 4.69) is 27.2 Å². The molecular formula is C27H37N7O2. The number of benzene rings is 1. The minimum atomic E-state index is -0.584. The summed E-state index contributed by atoms with van der Waals surface area (Å²) in [6, 6.07) is 10.2. The molecule has 1 unspecified atom stereocenters. The van der Waals surface area contributed by atoms with Gasteiger partial charge >= 0.3 is 0 Å². The van der Waals surface area contributed by atoms with Gasteiger partial charge in [-0.05, 0) is 38.9 Å². The minimum absolute atomic E-state index is 0.205. The van der Waals surface area contributed by atoms with Crippen molar-refractivity contribution in [2.75, 3.05) is 44.1 Å². The van der Waals surface area contributed by atoms with Crippen molar-refractivity contribution in [3.05, 3.63) is 48.5 Å². The standard InChI is InChI=1S/C27H37N7O2/c1-19-29-15-22(16-30-19)34(4)26-14-25(33(3)21-10-6-5-7-11-21)31-27(32-26)20-9-8-12-24(13-20)36-18-23(35)17-28-2/h8-9,12-16,21,23,28,35H,5-7,10-11,17-18H2,1-4H3. The molecule has 1 aliphatic rings. The van der Waals surface area contributed by atoms with E-state index in [9.17, 15) is 5.11 Å². The van der Waals surface area contributed by atoms with Crippen LogP contribution in [0.4, 0.5) is 17.3 Å². The molecule has 0 amide bonds. The molecule has 2 heterocycles. The first-order valence-electron chi connectivity index (χ1n) is 12.6. The third kappa shape index (κ3) is 6.47. The summed E-state index contributed by atoms with van der Waals surface area (Å²) in [4.78, 5) is 22.9. The van der Waals surface area contributed by atoms with Crippen LogP contribution in [-0.2, 0) is 0 Å². The molecule has 0 saturated heterocycles. The van der Waals surface area contributed by atoms with E-state index in [1.807, 2.05) is 49.2 Å². The van der Waals surface area contributed by atoms with Gasteiger partial charge in [-0.25, -0.2) is 19.9 Å². The zero-order chi connectivity index (χ0) is 25.5. The van der Waals surface area contributed by atoms with Crippen LogP contribution < -0.4 is 19.9 Å². The topological polar surface area (TPSA) is 99.5 Å². The summed E-state index contributed by atoms with van der Waals surface area (Å²) in [5, 5.41) is 13.0. The molecule has 0 bridgehead atoms. The van der Waals surface area contributed by atoms with E-state index < -0.39 is 6.10 Å². The maximum absolute atomic E-state index is 10.0. The Bertz CT molecular complexity index is 1120. The Labute approximate surface area is 213 Å². The van der Waals surface area contributed by atoms with Crippen LogP contribution in [0.1, 0.15) is 37.9 Å². The van der Waals surface area contributed by atoms with Crippen molar-refractivity contribution in [2.24, 2.45) is 0 Å². The third-order valence-corrected chi connectivity index (χ3v) is 6.66. The monoisotopic (exact) mass is 491 g/mol. The molecule has 0 aliphatic heterocycles. The minimum Gasteiger partial charge on any atom is -0.491 e. The highest BCUT2D eigenvalue weighted by atomic mass is 16.5. The van der Waals surface area contributed by atoms with E-state index in [1.165, 1.54) is 32.1 Å². The number of ether oxygens (including phenoxy) is 1. The molecule has 0 radical (unpaired) electrons. The van der Waals surface area contributed by atoms with E-state index in [-0.39, 0.29) is 6.61 Å². The van der Waals surface area contributed by atoms with Crippen LogP contribution in [0, 0.1) is 6.92 Å². The van der Waals surface area contributed by atoms with Crippen molar-refractivity contribution >= 4 is 17.3 Å². The number of hydrogen-bond donors (Lipinski definition) is 2. The average Bonchev–Trinajstić information content (AvgIpc) is 2.92. The van der Waals surface area contributed by atoms with Gasteiger partial charge in [-0.2, -0.15) is 0 Å². The van der Waals surface area contributed by atoms with Gasteiger partial charge in [-0.1, -0.05) is 31.4 Å². The lowest BCUT2D eigenvalue weighted by Gasteiger charge is -2.32. The van der Waals surface area contributed by atoms with Crippen LogP contribution in [0.15, 0.2) is 42.7 Å². The van der Waals surface area contributed by atoms with Gasteiger partial charge in [0.15, 0.2) is 5.82 Å². The van der Waals surface area contributed by atoms with Crippen LogP contribution in [0.2, 0.25) is 0 Å². The second-order valence-electron chi connectivity index (χ2n) is 9.41. The summed E-state index contributed by atoms with van der Waals surface area (Å²) in [6.45, 7) is 2.55. The molecule has 1 fully saturated rings. The third-order valence-electron chi connectivity index (χ3n) is 6.66. The van der Waals surface area contributed by atoms with Gasteiger partial charge in [0, 0.05) is 38.3 Å². The Morgan fingerprint density at radius 3 is 2.50 bits per heavy atom. The van der Waals surface area contributed by atoms with Crippen LogP contribution in [0.5, 0.6) is 5.75 Å². The molecule has 1 aromatic carbocycles. The maximum Gasteiger partial charge on any atom is 0.164 e. The molecule has 9 nitrogen and oxygen atoms in total. The predicted molar refractivity (Wildman–Crippen MR) is 143 cm³/mol. The molecule has 4 rings (SSSR count). The fraction of sp³-hybridized carbons (Fsp3) is 0.481. The molecule has 1 aliphatic carbocycles. The summed E-state index contributed by atoms with van der Waals surface area (Å²) in [7, 11) is 5.90. The van der Waals surface area contributed by atoms with Crippen molar-refractivity contribution in [3.63, 3.8) is 0 Å².